The van der Waals surface area contributed by atoms with E-state index in [9.17, 15) is 0 Å². The fourth-order valence-electron chi connectivity index (χ4n) is 4.68. The van der Waals surface area contributed by atoms with Gasteiger partial charge in [-0.25, -0.2) is 0 Å². The molecule has 31 heavy (non-hydrogen) atoms. The van der Waals surface area contributed by atoms with Crippen molar-refractivity contribution in [1.82, 2.24) is 29.5 Å². The summed E-state index contributed by atoms with van der Waals surface area (Å²) in [5.41, 5.74) is 5.10. The van der Waals surface area contributed by atoms with Crippen LogP contribution in [0, 0.1) is 0 Å². The molecule has 0 saturated carbocycles. The summed E-state index contributed by atoms with van der Waals surface area (Å²) in [6.45, 7) is 8.09. The highest BCUT2D eigenvalue weighted by Gasteiger charge is 2.21. The lowest BCUT2D eigenvalue weighted by molar-refractivity contribution is 0.102. The van der Waals surface area contributed by atoms with Crippen LogP contribution in [0.5, 0.6) is 0 Å². The molecule has 0 amide bonds. The molecule has 0 aliphatic carbocycles. The second kappa shape index (κ2) is 9.04. The number of H-pyrrole nitrogens is 1. The van der Waals surface area contributed by atoms with Gasteiger partial charge in [-0.15, -0.1) is 10.2 Å². The maximum absolute atomic E-state index is 3.92. The first-order valence-corrected chi connectivity index (χ1v) is 11.2. The molecule has 2 aromatic carbocycles. The first-order valence-electron chi connectivity index (χ1n) is 11.2. The number of nitrogens with one attached hydrogen (secondary N) is 1. The number of hydrogen-bond donors (Lipinski definition) is 1. The lowest BCUT2D eigenvalue weighted by Gasteiger charge is -2.38. The van der Waals surface area contributed by atoms with Gasteiger partial charge in [0.25, 0.3) is 0 Å². The van der Waals surface area contributed by atoms with E-state index in [0.717, 1.165) is 44.8 Å². The Morgan fingerprint density at radius 2 is 1.74 bits per heavy atom. The average Bonchev–Trinajstić information content (AvgIpc) is 3.50. The fourth-order valence-corrected chi connectivity index (χ4v) is 4.68. The Bertz CT molecular complexity index is 1090. The van der Waals surface area contributed by atoms with Crippen LogP contribution >= 0.6 is 0 Å². The van der Waals surface area contributed by atoms with Crippen LogP contribution in [0.4, 0.5) is 0 Å². The smallest absolute Gasteiger partial charge is 0.123 e. The van der Waals surface area contributed by atoms with Gasteiger partial charge in [-0.1, -0.05) is 30.3 Å². The summed E-state index contributed by atoms with van der Waals surface area (Å²) in [6.07, 6.45) is 7.92. The Kier molecular flexibility index (Phi) is 5.82. The van der Waals surface area contributed by atoms with Gasteiger partial charge < -0.3 is 9.88 Å². The van der Waals surface area contributed by atoms with Crippen molar-refractivity contribution in [2.75, 3.05) is 32.7 Å². The number of aromatic amines is 1. The van der Waals surface area contributed by atoms with E-state index in [2.05, 4.69) is 86.6 Å². The minimum absolute atomic E-state index is 0.495. The zero-order chi connectivity index (χ0) is 21.0. The molecular weight excluding hydrogens is 384 g/mol. The molecular formula is C25H30N6. The zero-order valence-corrected chi connectivity index (χ0v) is 18.1. The molecule has 4 aromatic rings. The molecule has 1 unspecified atom stereocenters. The van der Waals surface area contributed by atoms with E-state index < -0.39 is 0 Å². The van der Waals surface area contributed by atoms with Gasteiger partial charge in [-0.2, -0.15) is 0 Å². The quantitative estimate of drug-likeness (QED) is 0.496. The van der Waals surface area contributed by atoms with Gasteiger partial charge in [0.15, 0.2) is 0 Å². The van der Waals surface area contributed by atoms with Crippen LogP contribution < -0.4 is 0 Å². The third kappa shape index (κ3) is 4.40. The van der Waals surface area contributed by atoms with E-state index >= 15 is 0 Å². The predicted octanol–water partition coefficient (Wildman–Crippen LogP) is 4.06. The van der Waals surface area contributed by atoms with Gasteiger partial charge in [-0.3, -0.25) is 9.47 Å². The fraction of sp³-hybridized carbons (Fsp3) is 0.360. The van der Waals surface area contributed by atoms with Crippen molar-refractivity contribution in [3.63, 3.8) is 0 Å². The third-order valence-electron chi connectivity index (χ3n) is 6.62. The standard InChI is InChI=1S/C25H30N6/c1-20(21-6-3-2-4-7-21)30-14-12-29(13-15-30)11-5-8-22-17-26-25-10-9-23(16-24(22)25)31-18-27-28-19-31/h2-4,6-7,9-10,16-20,26H,5,8,11-15H2,1H3. The average molecular weight is 415 g/mol. The molecule has 0 spiro atoms. The van der Waals surface area contributed by atoms with Crippen molar-refractivity contribution in [3.8, 4) is 5.69 Å². The number of nitrogens with zero attached hydrogens (tertiary/aromatic N) is 5. The summed E-state index contributed by atoms with van der Waals surface area (Å²) in [5.74, 6) is 0. The van der Waals surface area contributed by atoms with Crippen molar-refractivity contribution in [3.05, 3.63) is 78.5 Å². The monoisotopic (exact) mass is 414 g/mol. The van der Waals surface area contributed by atoms with Crippen molar-refractivity contribution >= 4 is 10.9 Å². The SMILES string of the molecule is CC(c1ccccc1)N1CCN(CCCc2c[nH]c3ccc(-n4cnnc4)cc23)CC1. The van der Waals surface area contributed by atoms with Crippen LogP contribution in [0.2, 0.25) is 0 Å². The Balaban J connectivity index is 1.14. The van der Waals surface area contributed by atoms with Crippen molar-refractivity contribution < 1.29 is 0 Å². The molecule has 1 saturated heterocycles. The molecule has 6 heteroatoms. The second-order valence-corrected chi connectivity index (χ2v) is 8.48. The molecule has 1 aliphatic rings. The number of aryl methyl sites for hydroxylation is 1. The number of hydrogen-bond acceptors (Lipinski definition) is 4. The van der Waals surface area contributed by atoms with Gasteiger partial charge in [0.2, 0.25) is 0 Å². The minimum atomic E-state index is 0.495. The van der Waals surface area contributed by atoms with Crippen molar-refractivity contribution in [2.24, 2.45) is 0 Å². The maximum atomic E-state index is 3.92. The van der Waals surface area contributed by atoms with Crippen LogP contribution in [-0.4, -0.2) is 62.3 Å². The molecule has 3 heterocycles. The molecule has 2 aromatic heterocycles. The van der Waals surface area contributed by atoms with Gasteiger partial charge in [0.05, 0.1) is 0 Å². The number of piperazine rings is 1. The van der Waals surface area contributed by atoms with Crippen LogP contribution in [0.15, 0.2) is 67.4 Å². The lowest BCUT2D eigenvalue weighted by atomic mass is 10.1. The summed E-state index contributed by atoms with van der Waals surface area (Å²) < 4.78 is 1.95. The summed E-state index contributed by atoms with van der Waals surface area (Å²) in [4.78, 5) is 8.65. The molecule has 1 aliphatic heterocycles. The Morgan fingerprint density at radius 1 is 0.968 bits per heavy atom. The minimum Gasteiger partial charge on any atom is -0.361 e. The van der Waals surface area contributed by atoms with Crippen molar-refractivity contribution in [1.29, 1.82) is 0 Å². The highest BCUT2D eigenvalue weighted by atomic mass is 15.3. The normalized spacial score (nSPS) is 16.7. The van der Waals surface area contributed by atoms with Crippen LogP contribution in [0.1, 0.15) is 30.5 Å². The first kappa shape index (κ1) is 20.0. The molecule has 1 atom stereocenters. The van der Waals surface area contributed by atoms with E-state index in [1.165, 1.54) is 28.5 Å². The van der Waals surface area contributed by atoms with Crippen LogP contribution in [0.3, 0.4) is 0 Å². The zero-order valence-electron chi connectivity index (χ0n) is 18.1. The second-order valence-electron chi connectivity index (χ2n) is 8.48. The van der Waals surface area contributed by atoms with Gasteiger partial charge in [0, 0.05) is 55.0 Å². The first-order chi connectivity index (χ1) is 15.3. The Labute approximate surface area is 183 Å². The molecule has 1 N–H and O–H groups in total. The highest BCUT2D eigenvalue weighted by Crippen LogP contribution is 2.24. The largest absolute Gasteiger partial charge is 0.361 e. The predicted molar refractivity (Wildman–Crippen MR) is 124 cm³/mol. The molecule has 0 bridgehead atoms. The Morgan fingerprint density at radius 3 is 2.52 bits per heavy atom. The summed E-state index contributed by atoms with van der Waals surface area (Å²) in [5, 5.41) is 9.14. The number of benzene rings is 2. The molecule has 5 rings (SSSR count). The molecule has 6 nitrogen and oxygen atoms in total. The van der Waals surface area contributed by atoms with Crippen molar-refractivity contribution in [2.45, 2.75) is 25.8 Å². The van der Waals surface area contributed by atoms with E-state index in [0.29, 0.717) is 6.04 Å². The van der Waals surface area contributed by atoms with Crippen LogP contribution in [-0.2, 0) is 6.42 Å². The van der Waals surface area contributed by atoms with E-state index in [1.807, 2.05) is 4.57 Å². The van der Waals surface area contributed by atoms with E-state index in [1.54, 1.807) is 12.7 Å². The van der Waals surface area contributed by atoms with Gasteiger partial charge in [-0.05, 0) is 55.6 Å². The highest BCUT2D eigenvalue weighted by molar-refractivity contribution is 5.85. The topological polar surface area (TPSA) is 53.0 Å². The maximum Gasteiger partial charge on any atom is 0.123 e. The Hall–Kier alpha value is -2.96. The number of rotatable bonds is 7. The lowest BCUT2D eigenvalue weighted by Crippen LogP contribution is -2.47. The van der Waals surface area contributed by atoms with E-state index in [4.69, 9.17) is 0 Å². The number of aromatic nitrogens is 4. The summed E-state index contributed by atoms with van der Waals surface area (Å²) in [6, 6.07) is 17.8. The van der Waals surface area contributed by atoms with E-state index in [-0.39, 0.29) is 0 Å². The summed E-state index contributed by atoms with van der Waals surface area (Å²) in [7, 11) is 0. The van der Waals surface area contributed by atoms with Crippen LogP contribution in [0.25, 0.3) is 16.6 Å². The third-order valence-corrected chi connectivity index (χ3v) is 6.62. The van der Waals surface area contributed by atoms with Gasteiger partial charge in [0.1, 0.15) is 12.7 Å². The molecule has 0 radical (unpaired) electrons. The molecule has 160 valence electrons. The summed E-state index contributed by atoms with van der Waals surface area (Å²) >= 11 is 0. The van der Waals surface area contributed by atoms with Gasteiger partial charge >= 0.3 is 0 Å². The molecule has 1 fully saturated rings. The number of fused-ring (bicyclic) bond motifs is 1.